The molecule has 1 aromatic carbocycles. The van der Waals surface area contributed by atoms with Crippen molar-refractivity contribution in [1.82, 2.24) is 5.32 Å². The second-order valence-electron chi connectivity index (χ2n) is 5.51. The van der Waals surface area contributed by atoms with Crippen LogP contribution in [0.5, 0.6) is 5.75 Å². The average Bonchev–Trinajstić information content (AvgIpc) is 2.58. The van der Waals surface area contributed by atoms with Gasteiger partial charge < -0.3 is 10.1 Å². The first-order chi connectivity index (χ1) is 10.7. The molecule has 1 aliphatic rings. The van der Waals surface area contributed by atoms with E-state index in [4.69, 9.17) is 10.00 Å². The van der Waals surface area contributed by atoms with Gasteiger partial charge in [0.25, 0.3) is 0 Å². The lowest BCUT2D eigenvalue weighted by Gasteiger charge is -2.30. The predicted molar refractivity (Wildman–Crippen MR) is 87.8 cm³/mol. The number of rotatable bonds is 6. The standard InChI is InChI=1S/C17H22N2O2S/c1-22-15-8-6-14(7-9-15)21-12-13-4-2-3-5-16(13)17(20)19-11-10-18/h6-9,13,16H,2-5,11-12H2,1H3,(H,19,20)/t13-,16+/m0/s1. The number of carbonyl (C=O) groups excluding carboxylic acids is 1. The fourth-order valence-corrected chi connectivity index (χ4v) is 3.29. The number of amides is 1. The third kappa shape index (κ3) is 4.67. The maximum absolute atomic E-state index is 12.1. The van der Waals surface area contributed by atoms with E-state index in [-0.39, 0.29) is 24.3 Å². The molecule has 0 spiro atoms. The molecule has 0 heterocycles. The fraction of sp³-hybridized carbons (Fsp3) is 0.529. The van der Waals surface area contributed by atoms with Gasteiger partial charge in [0.15, 0.2) is 0 Å². The summed E-state index contributed by atoms with van der Waals surface area (Å²) in [4.78, 5) is 13.3. The highest BCUT2D eigenvalue weighted by molar-refractivity contribution is 7.98. The van der Waals surface area contributed by atoms with Crippen LogP contribution in [0.1, 0.15) is 25.7 Å². The lowest BCUT2D eigenvalue weighted by atomic mass is 9.79. The van der Waals surface area contributed by atoms with Crippen molar-refractivity contribution in [2.24, 2.45) is 11.8 Å². The number of thioether (sulfide) groups is 1. The third-order valence-corrected chi connectivity index (χ3v) is 4.85. The van der Waals surface area contributed by atoms with Crippen LogP contribution in [0, 0.1) is 23.2 Å². The maximum Gasteiger partial charge on any atom is 0.224 e. The first-order valence-electron chi connectivity index (χ1n) is 7.66. The van der Waals surface area contributed by atoms with Gasteiger partial charge in [0.05, 0.1) is 12.7 Å². The van der Waals surface area contributed by atoms with Crippen LogP contribution in [0.3, 0.4) is 0 Å². The number of nitriles is 1. The van der Waals surface area contributed by atoms with Gasteiger partial charge in [-0.15, -0.1) is 11.8 Å². The Kier molecular flexibility index (Phi) is 6.60. The van der Waals surface area contributed by atoms with Gasteiger partial charge in [-0.2, -0.15) is 5.26 Å². The molecule has 2 atom stereocenters. The zero-order chi connectivity index (χ0) is 15.8. The van der Waals surface area contributed by atoms with Crippen molar-refractivity contribution in [3.63, 3.8) is 0 Å². The number of nitrogens with one attached hydrogen (secondary N) is 1. The van der Waals surface area contributed by atoms with Crippen molar-refractivity contribution in [2.45, 2.75) is 30.6 Å². The fourth-order valence-electron chi connectivity index (χ4n) is 2.89. The monoisotopic (exact) mass is 318 g/mol. The van der Waals surface area contributed by atoms with Gasteiger partial charge in [0.1, 0.15) is 12.3 Å². The predicted octanol–water partition coefficient (Wildman–Crippen LogP) is 3.23. The van der Waals surface area contributed by atoms with Crippen molar-refractivity contribution in [3.8, 4) is 11.8 Å². The molecule has 1 amide bonds. The molecule has 0 aromatic heterocycles. The molecule has 5 heteroatoms. The number of hydrogen-bond donors (Lipinski definition) is 1. The minimum absolute atomic E-state index is 0.00687. The van der Waals surface area contributed by atoms with E-state index in [0.717, 1.165) is 31.4 Å². The van der Waals surface area contributed by atoms with Crippen molar-refractivity contribution in [2.75, 3.05) is 19.4 Å². The minimum atomic E-state index is -0.0347. The molecule has 22 heavy (non-hydrogen) atoms. The van der Waals surface area contributed by atoms with Crippen LogP contribution >= 0.6 is 11.8 Å². The highest BCUT2D eigenvalue weighted by Crippen LogP contribution is 2.31. The Balaban J connectivity index is 1.90. The van der Waals surface area contributed by atoms with Crippen LogP contribution in [0.4, 0.5) is 0 Å². The Morgan fingerprint density at radius 1 is 1.36 bits per heavy atom. The summed E-state index contributed by atoms with van der Waals surface area (Å²) in [5, 5.41) is 11.3. The van der Waals surface area contributed by atoms with E-state index in [0.29, 0.717) is 6.61 Å². The molecule has 2 rings (SSSR count). The summed E-state index contributed by atoms with van der Waals surface area (Å²) in [7, 11) is 0. The Labute approximate surface area is 136 Å². The molecule has 0 saturated heterocycles. The first-order valence-corrected chi connectivity index (χ1v) is 8.88. The van der Waals surface area contributed by atoms with Crippen LogP contribution in [-0.4, -0.2) is 25.3 Å². The zero-order valence-electron chi connectivity index (χ0n) is 12.9. The Morgan fingerprint density at radius 2 is 2.09 bits per heavy atom. The van der Waals surface area contributed by atoms with Crippen molar-refractivity contribution in [1.29, 1.82) is 5.26 Å². The molecule has 0 bridgehead atoms. The molecule has 1 aliphatic carbocycles. The molecule has 1 aromatic rings. The van der Waals surface area contributed by atoms with Gasteiger partial charge in [-0.25, -0.2) is 0 Å². The van der Waals surface area contributed by atoms with Crippen LogP contribution in [0.25, 0.3) is 0 Å². The topological polar surface area (TPSA) is 62.1 Å². The van der Waals surface area contributed by atoms with Crippen molar-refractivity contribution < 1.29 is 9.53 Å². The SMILES string of the molecule is CSc1ccc(OC[C@@H]2CCCC[C@H]2C(=O)NCC#N)cc1. The lowest BCUT2D eigenvalue weighted by molar-refractivity contribution is -0.128. The van der Waals surface area contributed by atoms with Crippen LogP contribution in [0.15, 0.2) is 29.2 Å². The van der Waals surface area contributed by atoms with Gasteiger partial charge in [0, 0.05) is 16.7 Å². The van der Waals surface area contributed by atoms with E-state index < -0.39 is 0 Å². The summed E-state index contributed by atoms with van der Waals surface area (Å²) in [5.41, 5.74) is 0. The van der Waals surface area contributed by atoms with Crippen LogP contribution in [-0.2, 0) is 4.79 Å². The summed E-state index contributed by atoms with van der Waals surface area (Å²) in [6.07, 6.45) is 6.15. The van der Waals surface area contributed by atoms with Crippen molar-refractivity contribution in [3.05, 3.63) is 24.3 Å². The summed E-state index contributed by atoms with van der Waals surface area (Å²) in [5.74, 6) is 1.03. The van der Waals surface area contributed by atoms with E-state index in [1.807, 2.05) is 36.6 Å². The Morgan fingerprint density at radius 3 is 2.77 bits per heavy atom. The second-order valence-corrected chi connectivity index (χ2v) is 6.39. The number of benzene rings is 1. The first kappa shape index (κ1) is 16.7. The summed E-state index contributed by atoms with van der Waals surface area (Å²) in [6.45, 7) is 0.641. The Bertz CT molecular complexity index is 524. The molecule has 118 valence electrons. The van der Waals surface area contributed by atoms with E-state index in [1.54, 1.807) is 11.8 Å². The second kappa shape index (κ2) is 8.70. The molecule has 0 radical (unpaired) electrons. The molecule has 1 N–H and O–H groups in total. The maximum atomic E-state index is 12.1. The summed E-state index contributed by atoms with van der Waals surface area (Å²) < 4.78 is 5.88. The third-order valence-electron chi connectivity index (χ3n) is 4.11. The normalized spacial score (nSPS) is 20.9. The average molecular weight is 318 g/mol. The summed E-state index contributed by atoms with van der Waals surface area (Å²) in [6, 6.07) is 9.98. The van der Waals surface area contributed by atoms with E-state index in [1.165, 1.54) is 4.90 Å². The molecule has 4 nitrogen and oxygen atoms in total. The number of nitrogens with zero attached hydrogens (tertiary/aromatic N) is 1. The molecule has 1 saturated carbocycles. The van der Waals surface area contributed by atoms with Gasteiger partial charge in [-0.1, -0.05) is 12.8 Å². The molecule has 0 aliphatic heterocycles. The highest BCUT2D eigenvalue weighted by Gasteiger charge is 2.31. The minimum Gasteiger partial charge on any atom is -0.493 e. The van der Waals surface area contributed by atoms with Gasteiger partial charge in [-0.3, -0.25) is 4.79 Å². The van der Waals surface area contributed by atoms with Crippen LogP contribution in [0.2, 0.25) is 0 Å². The molecular formula is C17H22N2O2S. The molecule has 1 fully saturated rings. The van der Waals surface area contributed by atoms with Gasteiger partial charge >= 0.3 is 0 Å². The van der Waals surface area contributed by atoms with Crippen LogP contribution < -0.4 is 10.1 Å². The quantitative estimate of drug-likeness (QED) is 0.646. The lowest BCUT2D eigenvalue weighted by Crippen LogP contribution is -2.39. The van der Waals surface area contributed by atoms with Crippen molar-refractivity contribution >= 4 is 17.7 Å². The molecule has 0 unspecified atom stereocenters. The molecular weight excluding hydrogens is 296 g/mol. The van der Waals surface area contributed by atoms with Gasteiger partial charge in [0.2, 0.25) is 5.91 Å². The van der Waals surface area contributed by atoms with Gasteiger partial charge in [-0.05, 0) is 43.4 Å². The number of ether oxygens (including phenoxy) is 1. The number of carbonyl (C=O) groups is 1. The smallest absolute Gasteiger partial charge is 0.224 e. The largest absolute Gasteiger partial charge is 0.493 e. The van der Waals surface area contributed by atoms with E-state index >= 15 is 0 Å². The summed E-state index contributed by atoms with van der Waals surface area (Å²) >= 11 is 1.70. The Hall–Kier alpha value is -1.67. The van der Waals surface area contributed by atoms with E-state index in [9.17, 15) is 4.79 Å². The van der Waals surface area contributed by atoms with E-state index in [2.05, 4.69) is 5.32 Å². The zero-order valence-corrected chi connectivity index (χ0v) is 13.7. The highest BCUT2D eigenvalue weighted by atomic mass is 32.2. The number of hydrogen-bond acceptors (Lipinski definition) is 4.